The van der Waals surface area contributed by atoms with Gasteiger partial charge in [-0.25, -0.2) is 4.98 Å². The molecule has 0 atom stereocenters. The van der Waals surface area contributed by atoms with E-state index in [-0.39, 0.29) is 4.47 Å². The lowest BCUT2D eigenvalue weighted by Crippen LogP contribution is -1.98. The molecule has 0 aliphatic rings. The predicted molar refractivity (Wildman–Crippen MR) is 40.2 cm³/mol. The lowest BCUT2D eigenvalue weighted by molar-refractivity contribution is 0.516. The van der Waals surface area contributed by atoms with Gasteiger partial charge in [-0.2, -0.15) is 12.8 Å². The van der Waals surface area contributed by atoms with Crippen molar-refractivity contribution in [3.8, 4) is 0 Å². The zero-order chi connectivity index (χ0) is 9.35. The highest BCUT2D eigenvalue weighted by atomic mass is 79.9. The van der Waals surface area contributed by atoms with Gasteiger partial charge in [0.2, 0.25) is 5.95 Å². The summed E-state index contributed by atoms with van der Waals surface area (Å²) in [5.74, 6) is -1.35. The molecule has 0 aromatic carbocycles. The van der Waals surface area contributed by atoms with Crippen LogP contribution in [0.1, 0.15) is 0 Å². The van der Waals surface area contributed by atoms with E-state index in [1.165, 1.54) is 0 Å². The van der Waals surface area contributed by atoms with E-state index in [4.69, 9.17) is 0 Å². The Morgan fingerprint density at radius 3 is 2.50 bits per heavy atom. The third-order valence-corrected chi connectivity index (χ3v) is 2.28. The number of aromatic nitrogens is 1. The van der Waals surface area contributed by atoms with E-state index in [1.54, 1.807) is 0 Å². The van der Waals surface area contributed by atoms with Crippen molar-refractivity contribution in [3.05, 3.63) is 22.7 Å². The Bertz CT molecular complexity index is 406. The number of rotatable bonds is 1. The molecule has 0 bridgehead atoms. The average molecular weight is 258 g/mol. The van der Waals surface area contributed by atoms with Crippen LogP contribution in [0.4, 0.5) is 8.28 Å². The fraction of sp³-hybridized carbons (Fsp3) is 0. The minimum atomic E-state index is -5.02. The van der Waals surface area contributed by atoms with Gasteiger partial charge in [0.25, 0.3) is 0 Å². The molecule has 0 saturated heterocycles. The van der Waals surface area contributed by atoms with Crippen molar-refractivity contribution < 1.29 is 16.7 Å². The molecule has 1 aromatic heterocycles. The van der Waals surface area contributed by atoms with Gasteiger partial charge in [0.15, 0.2) is 4.90 Å². The molecule has 1 aromatic rings. The molecule has 0 saturated carbocycles. The SMILES string of the molecule is O=S(=O)(F)c1cc(Br)cnc1F. The van der Waals surface area contributed by atoms with Gasteiger partial charge in [0.05, 0.1) is 0 Å². The highest BCUT2D eigenvalue weighted by Crippen LogP contribution is 2.19. The molecule has 0 N–H and O–H groups in total. The first-order valence-electron chi connectivity index (χ1n) is 2.67. The first-order chi connectivity index (χ1) is 5.41. The molecule has 66 valence electrons. The standard InChI is InChI=1S/C5H2BrF2NO2S/c6-3-1-4(12(8,10)11)5(7)9-2-3/h1-2H. The van der Waals surface area contributed by atoms with Gasteiger partial charge in [-0.15, -0.1) is 3.89 Å². The molecule has 0 aliphatic carbocycles. The third-order valence-electron chi connectivity index (χ3n) is 1.04. The van der Waals surface area contributed by atoms with Gasteiger partial charge in [0.1, 0.15) is 0 Å². The van der Waals surface area contributed by atoms with Gasteiger partial charge in [-0.3, -0.25) is 0 Å². The molecule has 0 radical (unpaired) electrons. The van der Waals surface area contributed by atoms with Crippen LogP contribution < -0.4 is 0 Å². The summed E-state index contributed by atoms with van der Waals surface area (Å²) in [6.07, 6.45) is 1.03. The van der Waals surface area contributed by atoms with Crippen molar-refractivity contribution in [1.29, 1.82) is 0 Å². The largest absolute Gasteiger partial charge is 0.336 e. The van der Waals surface area contributed by atoms with Crippen molar-refractivity contribution >= 4 is 26.2 Å². The van der Waals surface area contributed by atoms with Crippen LogP contribution >= 0.6 is 15.9 Å². The van der Waals surface area contributed by atoms with Crippen LogP contribution in [0.25, 0.3) is 0 Å². The van der Waals surface area contributed by atoms with Gasteiger partial charge < -0.3 is 0 Å². The van der Waals surface area contributed by atoms with Crippen molar-refractivity contribution in [2.45, 2.75) is 4.90 Å². The van der Waals surface area contributed by atoms with Crippen LogP contribution in [0, 0.1) is 5.95 Å². The third kappa shape index (κ3) is 1.98. The molecule has 1 rings (SSSR count). The molecule has 12 heavy (non-hydrogen) atoms. The second kappa shape index (κ2) is 3.06. The Labute approximate surface area is 75.8 Å². The van der Waals surface area contributed by atoms with Crippen LogP contribution in [-0.2, 0) is 10.2 Å². The minimum absolute atomic E-state index is 0.195. The monoisotopic (exact) mass is 257 g/mol. The van der Waals surface area contributed by atoms with E-state index in [1.807, 2.05) is 0 Å². The van der Waals surface area contributed by atoms with Gasteiger partial charge in [0, 0.05) is 10.7 Å². The predicted octanol–water partition coefficient (Wildman–Crippen LogP) is 1.64. The number of nitrogens with zero attached hydrogens (tertiary/aromatic N) is 1. The molecule has 0 amide bonds. The molecule has 0 unspecified atom stereocenters. The van der Waals surface area contributed by atoms with Gasteiger partial charge in [-0.05, 0) is 22.0 Å². The smallest absolute Gasteiger partial charge is 0.226 e. The lowest BCUT2D eigenvalue weighted by Gasteiger charge is -1.95. The van der Waals surface area contributed by atoms with Crippen LogP contribution in [0.5, 0.6) is 0 Å². The summed E-state index contributed by atoms with van der Waals surface area (Å²) in [5.41, 5.74) is 0. The summed E-state index contributed by atoms with van der Waals surface area (Å²) < 4.78 is 45.4. The van der Waals surface area contributed by atoms with E-state index in [0.29, 0.717) is 0 Å². The van der Waals surface area contributed by atoms with E-state index >= 15 is 0 Å². The number of pyridine rings is 1. The molecule has 0 aliphatic heterocycles. The summed E-state index contributed by atoms with van der Waals surface area (Å²) in [4.78, 5) is 1.95. The first-order valence-corrected chi connectivity index (χ1v) is 4.84. The van der Waals surface area contributed by atoms with Gasteiger partial charge in [-0.1, -0.05) is 0 Å². The average Bonchev–Trinajstić information content (AvgIpc) is 1.92. The maximum absolute atomic E-state index is 12.5. The van der Waals surface area contributed by atoms with E-state index < -0.39 is 21.1 Å². The Hall–Kier alpha value is -0.560. The number of hydrogen-bond donors (Lipinski definition) is 0. The fourth-order valence-corrected chi connectivity index (χ4v) is 1.58. The quantitative estimate of drug-likeness (QED) is 0.568. The molecular formula is C5H2BrF2NO2S. The molecule has 3 nitrogen and oxygen atoms in total. The molecular weight excluding hydrogens is 256 g/mol. The maximum atomic E-state index is 12.5. The second-order valence-corrected chi connectivity index (χ2v) is 4.11. The highest BCUT2D eigenvalue weighted by Gasteiger charge is 2.18. The van der Waals surface area contributed by atoms with Crippen LogP contribution in [-0.4, -0.2) is 13.4 Å². The summed E-state index contributed by atoms with van der Waals surface area (Å²) >= 11 is 2.83. The number of hydrogen-bond acceptors (Lipinski definition) is 3. The summed E-state index contributed by atoms with van der Waals surface area (Å²) in [7, 11) is -5.02. The number of halogens is 3. The van der Waals surface area contributed by atoms with Crippen molar-refractivity contribution in [1.82, 2.24) is 4.98 Å². The van der Waals surface area contributed by atoms with E-state index in [2.05, 4.69) is 20.9 Å². The fourth-order valence-electron chi connectivity index (χ4n) is 0.575. The van der Waals surface area contributed by atoms with Crippen LogP contribution in [0.2, 0.25) is 0 Å². The zero-order valence-corrected chi connectivity index (χ0v) is 7.86. The lowest BCUT2D eigenvalue weighted by atomic mass is 10.5. The molecule has 0 fully saturated rings. The summed E-state index contributed by atoms with van der Waals surface area (Å²) in [6, 6.07) is 0.803. The summed E-state index contributed by atoms with van der Waals surface area (Å²) in [6.45, 7) is 0. The van der Waals surface area contributed by atoms with E-state index in [9.17, 15) is 16.7 Å². The topological polar surface area (TPSA) is 47.0 Å². The van der Waals surface area contributed by atoms with Crippen molar-refractivity contribution in [2.24, 2.45) is 0 Å². The first kappa shape index (κ1) is 9.53. The normalized spacial score (nSPS) is 11.6. The Balaban J connectivity index is 3.43. The summed E-state index contributed by atoms with van der Waals surface area (Å²) in [5, 5.41) is 0. The van der Waals surface area contributed by atoms with Crippen LogP contribution in [0.3, 0.4) is 0 Å². The maximum Gasteiger partial charge on any atom is 0.336 e. The van der Waals surface area contributed by atoms with Crippen molar-refractivity contribution in [2.75, 3.05) is 0 Å². The Morgan fingerprint density at radius 2 is 2.08 bits per heavy atom. The Morgan fingerprint density at radius 1 is 1.50 bits per heavy atom. The van der Waals surface area contributed by atoms with Crippen LogP contribution in [0.15, 0.2) is 21.6 Å². The van der Waals surface area contributed by atoms with Gasteiger partial charge >= 0.3 is 10.2 Å². The van der Waals surface area contributed by atoms with Crippen molar-refractivity contribution in [3.63, 3.8) is 0 Å². The zero-order valence-electron chi connectivity index (χ0n) is 5.46. The molecule has 0 spiro atoms. The highest BCUT2D eigenvalue weighted by molar-refractivity contribution is 9.10. The molecule has 7 heteroatoms. The molecule has 1 heterocycles. The second-order valence-electron chi connectivity index (χ2n) is 1.88. The Kier molecular flexibility index (Phi) is 2.43. The van der Waals surface area contributed by atoms with E-state index in [0.717, 1.165) is 12.3 Å². The minimum Gasteiger partial charge on any atom is -0.226 e.